The third-order valence-corrected chi connectivity index (χ3v) is 4.17. The van der Waals surface area contributed by atoms with E-state index in [0.29, 0.717) is 31.7 Å². The lowest BCUT2D eigenvalue weighted by atomic mass is 9.93. The van der Waals surface area contributed by atoms with Crippen LogP contribution in [0.1, 0.15) is 40.0 Å². The quantitative estimate of drug-likeness (QED) is 0.657. The lowest BCUT2D eigenvalue weighted by Gasteiger charge is -2.34. The van der Waals surface area contributed by atoms with Crippen LogP contribution in [0.15, 0.2) is 0 Å². The van der Waals surface area contributed by atoms with Gasteiger partial charge in [-0.2, -0.15) is 0 Å². The minimum Gasteiger partial charge on any atom is -0.465 e. The van der Waals surface area contributed by atoms with E-state index in [0.717, 1.165) is 32.5 Å². The van der Waals surface area contributed by atoms with Crippen LogP contribution < -0.4 is 5.32 Å². The second-order valence-corrected chi connectivity index (χ2v) is 6.51. The van der Waals surface area contributed by atoms with Crippen molar-refractivity contribution in [3.05, 3.63) is 0 Å². The number of nitrogens with one attached hydrogen (secondary N) is 1. The van der Waals surface area contributed by atoms with E-state index < -0.39 is 5.54 Å². The van der Waals surface area contributed by atoms with Gasteiger partial charge in [0.15, 0.2) is 0 Å². The largest absolute Gasteiger partial charge is 0.465 e. The Morgan fingerprint density at radius 3 is 2.67 bits per heavy atom. The minimum absolute atomic E-state index is 0.163. The molecule has 21 heavy (non-hydrogen) atoms. The molecule has 0 radical (unpaired) electrons. The molecule has 0 aromatic rings. The fraction of sp³-hybridized carbons (Fsp3) is 0.938. The van der Waals surface area contributed by atoms with Crippen LogP contribution in [0.3, 0.4) is 0 Å². The van der Waals surface area contributed by atoms with Gasteiger partial charge in [-0.05, 0) is 46.0 Å². The Morgan fingerprint density at radius 2 is 2.14 bits per heavy atom. The van der Waals surface area contributed by atoms with Gasteiger partial charge in [-0.25, -0.2) is 4.79 Å². The fourth-order valence-electron chi connectivity index (χ4n) is 3.01. The summed E-state index contributed by atoms with van der Waals surface area (Å²) in [4.78, 5) is 12.5. The Bertz CT molecular complexity index is 337. The van der Waals surface area contributed by atoms with E-state index in [2.05, 4.69) is 19.2 Å². The van der Waals surface area contributed by atoms with Crippen molar-refractivity contribution < 1.29 is 19.0 Å². The van der Waals surface area contributed by atoms with Gasteiger partial charge in [0.25, 0.3) is 0 Å². The summed E-state index contributed by atoms with van der Waals surface area (Å²) in [6.07, 6.45) is 3.18. The molecule has 2 rings (SSSR count). The van der Waals surface area contributed by atoms with E-state index in [4.69, 9.17) is 14.2 Å². The molecule has 0 bridgehead atoms. The second-order valence-electron chi connectivity index (χ2n) is 6.51. The topological polar surface area (TPSA) is 56.8 Å². The molecule has 5 nitrogen and oxygen atoms in total. The summed E-state index contributed by atoms with van der Waals surface area (Å²) in [7, 11) is 0. The van der Waals surface area contributed by atoms with E-state index in [1.807, 2.05) is 6.92 Å². The van der Waals surface area contributed by atoms with Gasteiger partial charge in [-0.1, -0.05) is 0 Å². The summed E-state index contributed by atoms with van der Waals surface area (Å²) in [6.45, 7) is 9.02. The van der Waals surface area contributed by atoms with E-state index in [9.17, 15) is 4.79 Å². The smallest absolute Gasteiger partial charge is 0.329 e. The summed E-state index contributed by atoms with van der Waals surface area (Å²) >= 11 is 0. The maximum Gasteiger partial charge on any atom is 0.329 e. The fourth-order valence-corrected chi connectivity index (χ4v) is 3.01. The van der Waals surface area contributed by atoms with Crippen LogP contribution in [0.5, 0.6) is 0 Å². The van der Waals surface area contributed by atoms with E-state index >= 15 is 0 Å². The predicted molar refractivity (Wildman–Crippen MR) is 80.1 cm³/mol. The molecule has 1 heterocycles. The van der Waals surface area contributed by atoms with Crippen LogP contribution in [0.2, 0.25) is 0 Å². The highest BCUT2D eigenvalue weighted by Gasteiger charge is 2.52. The summed E-state index contributed by atoms with van der Waals surface area (Å²) in [6, 6.07) is 0.216. The number of esters is 1. The van der Waals surface area contributed by atoms with Crippen molar-refractivity contribution in [1.82, 2.24) is 5.32 Å². The van der Waals surface area contributed by atoms with Crippen LogP contribution in [-0.4, -0.2) is 50.6 Å². The summed E-state index contributed by atoms with van der Waals surface area (Å²) < 4.78 is 16.6. The van der Waals surface area contributed by atoms with Crippen molar-refractivity contribution in [2.24, 2.45) is 11.8 Å². The molecule has 1 saturated carbocycles. The molecule has 2 fully saturated rings. The first-order valence-corrected chi connectivity index (χ1v) is 8.19. The highest BCUT2D eigenvalue weighted by atomic mass is 16.5. The van der Waals surface area contributed by atoms with Crippen LogP contribution in [0.4, 0.5) is 0 Å². The van der Waals surface area contributed by atoms with Gasteiger partial charge in [0.1, 0.15) is 5.54 Å². The number of carbonyl (C=O) groups is 1. The minimum atomic E-state index is -0.677. The zero-order chi connectivity index (χ0) is 15.3. The Labute approximate surface area is 127 Å². The van der Waals surface area contributed by atoms with Gasteiger partial charge in [0.05, 0.1) is 26.4 Å². The SMILES string of the molecule is CCOC(=O)C(COCC1CCOC1)(NC(C)C)C1CC1. The number of rotatable bonds is 9. The van der Waals surface area contributed by atoms with E-state index in [1.165, 1.54) is 0 Å². The van der Waals surface area contributed by atoms with E-state index in [1.54, 1.807) is 0 Å². The number of hydrogen-bond acceptors (Lipinski definition) is 5. The molecular weight excluding hydrogens is 270 g/mol. The second kappa shape index (κ2) is 7.56. The van der Waals surface area contributed by atoms with Crippen molar-refractivity contribution in [3.63, 3.8) is 0 Å². The Morgan fingerprint density at radius 1 is 1.38 bits per heavy atom. The van der Waals surface area contributed by atoms with Crippen LogP contribution in [0.25, 0.3) is 0 Å². The van der Waals surface area contributed by atoms with Crippen molar-refractivity contribution in [2.45, 2.75) is 51.6 Å². The molecule has 0 spiro atoms. The Kier molecular flexibility index (Phi) is 6.02. The zero-order valence-corrected chi connectivity index (χ0v) is 13.5. The molecular formula is C16H29NO4. The van der Waals surface area contributed by atoms with Gasteiger partial charge < -0.3 is 14.2 Å². The van der Waals surface area contributed by atoms with Crippen LogP contribution in [-0.2, 0) is 19.0 Å². The zero-order valence-electron chi connectivity index (χ0n) is 13.5. The van der Waals surface area contributed by atoms with Crippen LogP contribution >= 0.6 is 0 Å². The lowest BCUT2D eigenvalue weighted by molar-refractivity contribution is -0.156. The highest BCUT2D eigenvalue weighted by Crippen LogP contribution is 2.41. The van der Waals surface area contributed by atoms with Crippen LogP contribution in [0, 0.1) is 11.8 Å². The van der Waals surface area contributed by atoms with Crippen molar-refractivity contribution in [2.75, 3.05) is 33.0 Å². The van der Waals surface area contributed by atoms with Gasteiger partial charge in [0, 0.05) is 18.6 Å². The average molecular weight is 299 g/mol. The summed E-state index contributed by atoms with van der Waals surface area (Å²) in [5.74, 6) is 0.630. The monoisotopic (exact) mass is 299 g/mol. The highest BCUT2D eigenvalue weighted by molar-refractivity contribution is 5.82. The van der Waals surface area contributed by atoms with Crippen molar-refractivity contribution >= 4 is 5.97 Å². The normalized spacial score (nSPS) is 25.0. The van der Waals surface area contributed by atoms with Crippen molar-refractivity contribution in [1.29, 1.82) is 0 Å². The third-order valence-electron chi connectivity index (χ3n) is 4.17. The van der Waals surface area contributed by atoms with Gasteiger partial charge in [-0.3, -0.25) is 5.32 Å². The van der Waals surface area contributed by atoms with E-state index in [-0.39, 0.29) is 12.0 Å². The molecule has 1 saturated heterocycles. The maximum atomic E-state index is 12.5. The summed E-state index contributed by atoms with van der Waals surface area (Å²) in [5.41, 5.74) is -0.677. The molecule has 0 aromatic heterocycles. The first-order chi connectivity index (χ1) is 10.1. The first-order valence-electron chi connectivity index (χ1n) is 8.19. The average Bonchev–Trinajstić information content (AvgIpc) is 3.16. The molecule has 2 aliphatic rings. The molecule has 2 atom stereocenters. The number of ether oxygens (including phenoxy) is 3. The molecule has 2 unspecified atom stereocenters. The third kappa shape index (κ3) is 4.41. The number of carbonyl (C=O) groups excluding carboxylic acids is 1. The Hall–Kier alpha value is -0.650. The Balaban J connectivity index is 1.96. The lowest BCUT2D eigenvalue weighted by Crippen LogP contribution is -2.60. The summed E-state index contributed by atoms with van der Waals surface area (Å²) in [5, 5.41) is 3.43. The molecule has 122 valence electrons. The molecule has 5 heteroatoms. The number of hydrogen-bond donors (Lipinski definition) is 1. The first kappa shape index (κ1) is 16.7. The predicted octanol–water partition coefficient (Wildman–Crippen LogP) is 1.75. The molecule has 1 N–H and O–H groups in total. The van der Waals surface area contributed by atoms with Gasteiger partial charge >= 0.3 is 5.97 Å². The van der Waals surface area contributed by atoms with Gasteiger partial charge in [-0.15, -0.1) is 0 Å². The maximum absolute atomic E-state index is 12.5. The molecule has 1 aliphatic carbocycles. The molecule has 0 amide bonds. The molecule has 1 aliphatic heterocycles. The van der Waals surface area contributed by atoms with Crippen molar-refractivity contribution in [3.8, 4) is 0 Å². The van der Waals surface area contributed by atoms with Gasteiger partial charge in [0.2, 0.25) is 0 Å². The standard InChI is InChI=1S/C16H29NO4/c1-4-21-15(18)16(14-5-6-14,17-12(2)3)11-20-10-13-7-8-19-9-13/h12-14,17H,4-11H2,1-3H3. The molecule has 0 aromatic carbocycles.